The Labute approximate surface area is 265 Å². The zero-order chi connectivity index (χ0) is 31.0. The smallest absolute Gasteiger partial charge is 0.338 e. The summed E-state index contributed by atoms with van der Waals surface area (Å²) in [4.78, 5) is 32.6. The summed E-state index contributed by atoms with van der Waals surface area (Å²) in [7, 11) is 1.56. The molecule has 0 amide bonds. The quantitative estimate of drug-likeness (QED) is 0.235. The molecule has 0 saturated carbocycles. The summed E-state index contributed by atoms with van der Waals surface area (Å²) in [6, 6.07) is 17.9. The number of hydrogen-bond donors (Lipinski definition) is 0. The van der Waals surface area contributed by atoms with E-state index in [1.807, 2.05) is 60.7 Å². The molecule has 3 heterocycles. The van der Waals surface area contributed by atoms with E-state index in [0.29, 0.717) is 44.4 Å². The Bertz CT molecular complexity index is 1960. The van der Waals surface area contributed by atoms with Gasteiger partial charge >= 0.3 is 5.97 Å². The minimum Gasteiger partial charge on any atom is -0.496 e. The molecule has 6 rings (SSSR count). The molecular weight excluding hydrogens is 648 g/mol. The molecule has 0 unspecified atom stereocenters. The van der Waals surface area contributed by atoms with Crippen molar-refractivity contribution in [3.8, 4) is 23.0 Å². The molecule has 3 aromatic carbocycles. The van der Waals surface area contributed by atoms with Crippen LogP contribution in [0.1, 0.15) is 43.5 Å². The Morgan fingerprint density at radius 1 is 1.11 bits per heavy atom. The molecule has 44 heavy (non-hydrogen) atoms. The fourth-order valence-electron chi connectivity index (χ4n) is 5.08. The lowest BCUT2D eigenvalue weighted by molar-refractivity contribution is -0.143. The number of nitrogens with zero attached hydrogens (tertiary/aromatic N) is 2. The first-order chi connectivity index (χ1) is 21.2. The van der Waals surface area contributed by atoms with Gasteiger partial charge in [0.05, 0.1) is 29.0 Å². The number of ether oxygens (including phenoxy) is 5. The molecule has 1 aromatic heterocycles. The number of rotatable bonds is 8. The van der Waals surface area contributed by atoms with Gasteiger partial charge in [0, 0.05) is 10.0 Å². The predicted octanol–water partition coefficient (Wildman–Crippen LogP) is 5.27. The zero-order valence-electron chi connectivity index (χ0n) is 24.5. The van der Waals surface area contributed by atoms with Crippen molar-refractivity contribution in [2.45, 2.75) is 39.5 Å². The Morgan fingerprint density at radius 3 is 2.64 bits per heavy atom. The number of benzene rings is 3. The lowest BCUT2D eigenvalue weighted by Crippen LogP contribution is -2.40. The van der Waals surface area contributed by atoms with Gasteiger partial charge in [-0.25, -0.2) is 9.79 Å². The second kappa shape index (κ2) is 12.3. The number of allylic oxidation sites excluding steroid dienone is 1. The maximum atomic E-state index is 14.0. The van der Waals surface area contributed by atoms with Crippen LogP contribution in [0, 0.1) is 0 Å². The van der Waals surface area contributed by atoms with E-state index in [-0.39, 0.29) is 24.0 Å². The molecule has 0 fully saturated rings. The van der Waals surface area contributed by atoms with E-state index in [4.69, 9.17) is 23.7 Å². The van der Waals surface area contributed by atoms with E-state index in [1.165, 1.54) is 11.3 Å². The van der Waals surface area contributed by atoms with E-state index in [0.717, 1.165) is 21.3 Å². The molecule has 0 N–H and O–H groups in total. The molecule has 4 aromatic rings. The summed E-state index contributed by atoms with van der Waals surface area (Å²) in [6.07, 6.45) is 1.47. The summed E-state index contributed by atoms with van der Waals surface area (Å²) in [5, 5.41) is 0. The van der Waals surface area contributed by atoms with Gasteiger partial charge in [0.2, 0.25) is 6.79 Å². The second-order valence-electron chi connectivity index (χ2n) is 10.5. The van der Waals surface area contributed by atoms with Gasteiger partial charge in [-0.2, -0.15) is 0 Å². The standard InChI is InChI=1S/C33H29BrN2O7S/c1-18(2)43-32(38)29-19(3)35-33-36(30(29)24-15-22(34)8-12-25(24)39-4)31(37)28(44-33)14-20-5-9-23(10-6-20)40-16-21-7-11-26-27(13-21)42-17-41-26/h5-15,18,30H,16-17H2,1-4H3/b28-14-/t30-/m1/s1. The van der Waals surface area contributed by atoms with Crippen LogP contribution < -0.4 is 33.8 Å². The minimum atomic E-state index is -0.793. The molecule has 226 valence electrons. The molecule has 1 atom stereocenters. The monoisotopic (exact) mass is 676 g/mol. The van der Waals surface area contributed by atoms with Gasteiger partial charge in [-0.15, -0.1) is 0 Å². The summed E-state index contributed by atoms with van der Waals surface area (Å²) in [6.45, 7) is 5.92. The average Bonchev–Trinajstić information content (AvgIpc) is 3.59. The second-order valence-corrected chi connectivity index (χ2v) is 12.4. The van der Waals surface area contributed by atoms with E-state index in [1.54, 1.807) is 38.5 Å². The van der Waals surface area contributed by atoms with Crippen LogP contribution in [-0.4, -0.2) is 30.5 Å². The molecule has 2 aliphatic heterocycles. The van der Waals surface area contributed by atoms with Gasteiger partial charge in [0.1, 0.15) is 24.1 Å². The van der Waals surface area contributed by atoms with Crippen LogP contribution in [-0.2, 0) is 16.1 Å². The maximum Gasteiger partial charge on any atom is 0.338 e. The maximum absolute atomic E-state index is 14.0. The number of thiazole rings is 1. The van der Waals surface area contributed by atoms with Crippen LogP contribution >= 0.6 is 27.3 Å². The van der Waals surface area contributed by atoms with Gasteiger partial charge in [0.25, 0.3) is 5.56 Å². The summed E-state index contributed by atoms with van der Waals surface area (Å²) >= 11 is 4.79. The number of aromatic nitrogens is 1. The average molecular weight is 678 g/mol. The van der Waals surface area contributed by atoms with Crippen molar-refractivity contribution < 1.29 is 28.5 Å². The molecule has 0 aliphatic carbocycles. The van der Waals surface area contributed by atoms with Crippen LogP contribution in [0.3, 0.4) is 0 Å². The van der Waals surface area contributed by atoms with E-state index >= 15 is 0 Å². The third-order valence-electron chi connectivity index (χ3n) is 7.09. The number of hydrogen-bond acceptors (Lipinski definition) is 9. The largest absolute Gasteiger partial charge is 0.496 e. The number of halogens is 1. The normalized spacial score (nSPS) is 15.7. The Balaban J connectivity index is 1.34. The van der Waals surface area contributed by atoms with Gasteiger partial charge in [-0.1, -0.05) is 45.5 Å². The van der Waals surface area contributed by atoms with Crippen molar-refractivity contribution >= 4 is 39.3 Å². The number of carbonyl (C=O) groups is 1. The van der Waals surface area contributed by atoms with E-state index in [2.05, 4.69) is 20.9 Å². The molecule has 0 radical (unpaired) electrons. The number of esters is 1. The number of carbonyl (C=O) groups excluding carboxylic acids is 1. The number of fused-ring (bicyclic) bond motifs is 2. The third-order valence-corrected chi connectivity index (χ3v) is 8.57. The van der Waals surface area contributed by atoms with E-state index in [9.17, 15) is 9.59 Å². The van der Waals surface area contributed by atoms with Crippen LogP contribution in [0.25, 0.3) is 6.08 Å². The molecule has 9 nitrogen and oxygen atoms in total. The first-order valence-corrected chi connectivity index (χ1v) is 15.5. The van der Waals surface area contributed by atoms with Crippen LogP contribution in [0.4, 0.5) is 0 Å². The first-order valence-electron chi connectivity index (χ1n) is 13.9. The fourth-order valence-corrected chi connectivity index (χ4v) is 6.51. The lowest BCUT2D eigenvalue weighted by atomic mass is 9.95. The molecule has 0 spiro atoms. The SMILES string of the molecule is COc1ccc(Br)cc1[C@@H]1C(C(=O)OC(C)C)=C(C)N=c2s/c(=C\c3ccc(OCc4ccc5c(c4)OCO5)cc3)c(=O)n21. The van der Waals surface area contributed by atoms with Crippen LogP contribution in [0.2, 0.25) is 0 Å². The highest BCUT2D eigenvalue weighted by Gasteiger charge is 2.35. The first kappa shape index (κ1) is 29.7. The summed E-state index contributed by atoms with van der Waals surface area (Å²) in [5.41, 5.74) is 2.92. The molecule has 2 aliphatic rings. The van der Waals surface area contributed by atoms with Crippen molar-refractivity contribution in [2.24, 2.45) is 4.99 Å². The van der Waals surface area contributed by atoms with Crippen molar-refractivity contribution in [2.75, 3.05) is 13.9 Å². The van der Waals surface area contributed by atoms with Gasteiger partial charge < -0.3 is 23.7 Å². The summed E-state index contributed by atoms with van der Waals surface area (Å²) in [5.74, 6) is 2.13. The van der Waals surface area contributed by atoms with Crippen LogP contribution in [0.15, 0.2) is 86.2 Å². The Morgan fingerprint density at radius 2 is 1.89 bits per heavy atom. The molecular formula is C33H29BrN2O7S. The Hall–Kier alpha value is -4.35. The highest BCUT2D eigenvalue weighted by molar-refractivity contribution is 9.10. The molecule has 11 heteroatoms. The van der Waals surface area contributed by atoms with Crippen molar-refractivity contribution in [3.63, 3.8) is 0 Å². The van der Waals surface area contributed by atoms with Crippen molar-refractivity contribution in [1.82, 2.24) is 4.57 Å². The molecule has 0 bridgehead atoms. The van der Waals surface area contributed by atoms with Crippen molar-refractivity contribution in [1.29, 1.82) is 0 Å². The minimum absolute atomic E-state index is 0.226. The zero-order valence-corrected chi connectivity index (χ0v) is 26.9. The van der Waals surface area contributed by atoms with Gasteiger partial charge in [-0.3, -0.25) is 9.36 Å². The number of methoxy groups -OCH3 is 1. The van der Waals surface area contributed by atoms with Crippen LogP contribution in [0.5, 0.6) is 23.0 Å². The lowest BCUT2D eigenvalue weighted by Gasteiger charge is -2.26. The summed E-state index contributed by atoms with van der Waals surface area (Å²) < 4.78 is 30.8. The fraction of sp³-hybridized carbons (Fsp3) is 0.242. The van der Waals surface area contributed by atoms with Gasteiger partial charge in [-0.05, 0) is 80.4 Å². The highest BCUT2D eigenvalue weighted by Crippen LogP contribution is 2.37. The molecule has 0 saturated heterocycles. The van der Waals surface area contributed by atoms with Gasteiger partial charge in [0.15, 0.2) is 16.3 Å². The van der Waals surface area contributed by atoms with E-state index < -0.39 is 12.0 Å². The highest BCUT2D eigenvalue weighted by atomic mass is 79.9. The Kier molecular flexibility index (Phi) is 8.33. The predicted molar refractivity (Wildman–Crippen MR) is 169 cm³/mol. The van der Waals surface area contributed by atoms with Crippen molar-refractivity contribution in [3.05, 3.63) is 113 Å². The topological polar surface area (TPSA) is 97.6 Å². The third kappa shape index (κ3) is 5.89.